The first kappa shape index (κ1) is 17.0. The molecule has 3 aromatic rings. The van der Waals surface area contributed by atoms with Crippen LogP contribution in [0.4, 0.5) is 0 Å². The minimum absolute atomic E-state index is 0.153. The maximum Gasteiger partial charge on any atom is 0.357 e. The normalized spacial score (nSPS) is 15.5. The summed E-state index contributed by atoms with van der Waals surface area (Å²) in [5.74, 6) is -0.208. The van der Waals surface area contributed by atoms with Crippen molar-refractivity contribution >= 4 is 22.8 Å². The molecular formula is C21H18N2O4. The van der Waals surface area contributed by atoms with Crippen LogP contribution in [-0.2, 0) is 9.53 Å². The van der Waals surface area contributed by atoms with Crippen molar-refractivity contribution in [2.45, 2.75) is 12.5 Å². The van der Waals surface area contributed by atoms with E-state index < -0.39 is 5.97 Å². The molecule has 0 aliphatic carbocycles. The Morgan fingerprint density at radius 2 is 1.89 bits per heavy atom. The molecule has 0 radical (unpaired) electrons. The third-order valence-corrected chi connectivity index (χ3v) is 4.44. The molecule has 6 heteroatoms. The monoisotopic (exact) mass is 362 g/mol. The second-order valence-electron chi connectivity index (χ2n) is 6.26. The van der Waals surface area contributed by atoms with E-state index in [1.54, 1.807) is 12.1 Å². The average molecular weight is 362 g/mol. The summed E-state index contributed by atoms with van der Waals surface area (Å²) in [5.41, 5.74) is 1.81. The number of hydrogen-bond donors (Lipinski definition) is 1. The summed E-state index contributed by atoms with van der Waals surface area (Å²) in [6.07, 6.45) is 0.670. The van der Waals surface area contributed by atoms with E-state index in [0.717, 1.165) is 16.7 Å². The van der Waals surface area contributed by atoms with Gasteiger partial charge in [0.15, 0.2) is 6.61 Å². The SMILES string of the molecule is O=C(COC(=O)c1ccc2ccccc2n1)N[C@@H]1CCOc2ccccc21. The lowest BCUT2D eigenvalue weighted by Crippen LogP contribution is -2.35. The molecule has 2 heterocycles. The zero-order chi connectivity index (χ0) is 18.6. The number of hydrogen-bond acceptors (Lipinski definition) is 5. The number of ether oxygens (including phenoxy) is 2. The molecule has 136 valence electrons. The Morgan fingerprint density at radius 1 is 1.07 bits per heavy atom. The van der Waals surface area contributed by atoms with E-state index in [1.807, 2.05) is 48.5 Å². The number of nitrogens with zero attached hydrogens (tertiary/aromatic N) is 1. The molecule has 6 nitrogen and oxygen atoms in total. The van der Waals surface area contributed by atoms with Gasteiger partial charge in [-0.2, -0.15) is 0 Å². The topological polar surface area (TPSA) is 77.5 Å². The van der Waals surface area contributed by atoms with Gasteiger partial charge < -0.3 is 14.8 Å². The molecule has 1 atom stereocenters. The molecule has 0 fully saturated rings. The summed E-state index contributed by atoms with van der Waals surface area (Å²) in [7, 11) is 0. The lowest BCUT2D eigenvalue weighted by atomic mass is 10.0. The van der Waals surface area contributed by atoms with E-state index in [1.165, 1.54) is 0 Å². The van der Waals surface area contributed by atoms with Crippen LogP contribution < -0.4 is 10.1 Å². The standard InChI is InChI=1S/C21H18N2O4/c24-20(23-17-11-12-26-19-8-4-2-6-15(17)19)13-27-21(25)18-10-9-14-5-1-3-7-16(14)22-18/h1-10,17H,11-13H2,(H,23,24)/t17-/m1/s1. The highest BCUT2D eigenvalue weighted by Gasteiger charge is 2.23. The molecule has 1 aliphatic heterocycles. The van der Waals surface area contributed by atoms with Crippen LogP contribution in [0.3, 0.4) is 0 Å². The molecule has 1 amide bonds. The Balaban J connectivity index is 1.37. The first-order valence-electron chi connectivity index (χ1n) is 8.75. The highest BCUT2D eigenvalue weighted by atomic mass is 16.5. The second-order valence-corrected chi connectivity index (χ2v) is 6.26. The van der Waals surface area contributed by atoms with Crippen molar-refractivity contribution in [2.24, 2.45) is 0 Å². The lowest BCUT2D eigenvalue weighted by molar-refractivity contribution is -0.125. The Kier molecular flexibility index (Phi) is 4.70. The van der Waals surface area contributed by atoms with Crippen molar-refractivity contribution in [2.75, 3.05) is 13.2 Å². The fourth-order valence-corrected chi connectivity index (χ4v) is 3.11. The quantitative estimate of drug-likeness (QED) is 0.722. The molecule has 4 rings (SSSR count). The van der Waals surface area contributed by atoms with Crippen LogP contribution in [0.15, 0.2) is 60.7 Å². The van der Waals surface area contributed by atoms with Gasteiger partial charge >= 0.3 is 5.97 Å². The Hall–Kier alpha value is -3.41. The van der Waals surface area contributed by atoms with Crippen LogP contribution in [0, 0.1) is 0 Å². The number of aromatic nitrogens is 1. The van der Waals surface area contributed by atoms with Gasteiger partial charge in [0.2, 0.25) is 0 Å². The maximum absolute atomic E-state index is 12.2. The van der Waals surface area contributed by atoms with Gasteiger partial charge in [-0.15, -0.1) is 0 Å². The molecular weight excluding hydrogens is 344 g/mol. The van der Waals surface area contributed by atoms with Gasteiger partial charge in [-0.1, -0.05) is 42.5 Å². The predicted molar refractivity (Wildman–Crippen MR) is 99.5 cm³/mol. The van der Waals surface area contributed by atoms with E-state index in [2.05, 4.69) is 10.3 Å². The van der Waals surface area contributed by atoms with Gasteiger partial charge in [0.05, 0.1) is 18.2 Å². The molecule has 1 aliphatic rings. The molecule has 0 spiro atoms. The van der Waals surface area contributed by atoms with E-state index in [9.17, 15) is 9.59 Å². The van der Waals surface area contributed by atoms with Gasteiger partial charge in [-0.25, -0.2) is 9.78 Å². The second kappa shape index (κ2) is 7.45. The van der Waals surface area contributed by atoms with Gasteiger partial charge in [-0.05, 0) is 18.2 Å². The van der Waals surface area contributed by atoms with Crippen molar-refractivity contribution in [1.29, 1.82) is 0 Å². The number of fused-ring (bicyclic) bond motifs is 2. The fourth-order valence-electron chi connectivity index (χ4n) is 3.11. The number of carbonyl (C=O) groups excluding carboxylic acids is 2. The maximum atomic E-state index is 12.2. The predicted octanol–water partition coefficient (Wildman–Crippen LogP) is 3.03. The minimum Gasteiger partial charge on any atom is -0.493 e. The van der Waals surface area contributed by atoms with E-state index in [0.29, 0.717) is 18.5 Å². The Labute approximate surface area is 156 Å². The molecule has 0 bridgehead atoms. The molecule has 0 saturated carbocycles. The zero-order valence-electron chi connectivity index (χ0n) is 14.6. The Bertz CT molecular complexity index is 1000. The summed E-state index contributed by atoms with van der Waals surface area (Å²) in [6, 6.07) is 18.3. The van der Waals surface area contributed by atoms with Crippen molar-refractivity contribution in [1.82, 2.24) is 10.3 Å². The first-order valence-corrected chi connectivity index (χ1v) is 8.75. The molecule has 27 heavy (non-hydrogen) atoms. The fraction of sp³-hybridized carbons (Fsp3) is 0.190. The van der Waals surface area contributed by atoms with Crippen LogP contribution in [0.25, 0.3) is 10.9 Å². The summed E-state index contributed by atoms with van der Waals surface area (Å²) in [4.78, 5) is 28.7. The van der Waals surface area contributed by atoms with Crippen LogP contribution >= 0.6 is 0 Å². The van der Waals surface area contributed by atoms with Crippen LogP contribution in [0.2, 0.25) is 0 Å². The number of para-hydroxylation sites is 2. The average Bonchev–Trinajstić information content (AvgIpc) is 2.72. The number of nitrogens with one attached hydrogen (secondary N) is 1. The zero-order valence-corrected chi connectivity index (χ0v) is 14.6. The van der Waals surface area contributed by atoms with Crippen LogP contribution in [0.1, 0.15) is 28.5 Å². The summed E-state index contributed by atoms with van der Waals surface area (Å²) < 4.78 is 10.7. The van der Waals surface area contributed by atoms with Gasteiger partial charge in [0, 0.05) is 17.4 Å². The largest absolute Gasteiger partial charge is 0.493 e. The van der Waals surface area contributed by atoms with Crippen molar-refractivity contribution < 1.29 is 19.1 Å². The number of pyridine rings is 1. The number of esters is 1. The number of benzene rings is 2. The van der Waals surface area contributed by atoms with E-state index in [-0.39, 0.29) is 24.2 Å². The highest BCUT2D eigenvalue weighted by molar-refractivity contribution is 5.92. The number of rotatable bonds is 4. The molecule has 1 N–H and O–H groups in total. The molecule has 0 saturated heterocycles. The number of amides is 1. The first-order chi connectivity index (χ1) is 13.2. The van der Waals surface area contributed by atoms with Crippen LogP contribution in [-0.4, -0.2) is 30.1 Å². The summed E-state index contributed by atoms with van der Waals surface area (Å²) in [5, 5.41) is 3.83. The van der Waals surface area contributed by atoms with Crippen molar-refractivity contribution in [3.8, 4) is 5.75 Å². The van der Waals surface area contributed by atoms with Gasteiger partial charge in [0.25, 0.3) is 5.91 Å². The van der Waals surface area contributed by atoms with E-state index in [4.69, 9.17) is 9.47 Å². The lowest BCUT2D eigenvalue weighted by Gasteiger charge is -2.26. The van der Waals surface area contributed by atoms with Gasteiger partial charge in [-0.3, -0.25) is 4.79 Å². The smallest absolute Gasteiger partial charge is 0.357 e. The summed E-state index contributed by atoms with van der Waals surface area (Å²) in [6.45, 7) is 0.176. The van der Waals surface area contributed by atoms with Crippen molar-refractivity contribution in [3.05, 3.63) is 71.9 Å². The molecule has 0 unspecified atom stereocenters. The number of carbonyl (C=O) groups is 2. The molecule has 2 aromatic carbocycles. The third-order valence-electron chi connectivity index (χ3n) is 4.44. The minimum atomic E-state index is -0.622. The Morgan fingerprint density at radius 3 is 2.81 bits per heavy atom. The van der Waals surface area contributed by atoms with Crippen molar-refractivity contribution in [3.63, 3.8) is 0 Å². The van der Waals surface area contributed by atoms with Crippen LogP contribution in [0.5, 0.6) is 5.75 Å². The third kappa shape index (κ3) is 3.74. The van der Waals surface area contributed by atoms with E-state index >= 15 is 0 Å². The van der Waals surface area contributed by atoms with Gasteiger partial charge in [0.1, 0.15) is 11.4 Å². The summed E-state index contributed by atoms with van der Waals surface area (Å²) >= 11 is 0. The molecule has 1 aromatic heterocycles. The highest BCUT2D eigenvalue weighted by Crippen LogP contribution is 2.31.